The van der Waals surface area contributed by atoms with E-state index in [-0.39, 0.29) is 38.3 Å². The van der Waals surface area contributed by atoms with Crippen LogP contribution < -0.4 is 23.8 Å². The zero-order chi connectivity index (χ0) is 22.8. The van der Waals surface area contributed by atoms with Gasteiger partial charge in [0.05, 0.1) is 5.52 Å². The molecule has 7 heteroatoms. The summed E-state index contributed by atoms with van der Waals surface area (Å²) in [7, 11) is 1.70. The zero-order valence-electron chi connectivity index (χ0n) is 21.4. The maximum absolute atomic E-state index is 10.8. The quantitative estimate of drug-likeness (QED) is 0.383. The third kappa shape index (κ3) is 5.63. The summed E-state index contributed by atoms with van der Waals surface area (Å²) in [5.74, 6) is 0.829. The molecule has 180 valence electrons. The number of phenolic OH excluding ortho intramolecular Hbond substituents is 1. The molecule has 6 nitrogen and oxygen atoms in total. The van der Waals surface area contributed by atoms with Gasteiger partial charge in [-0.2, -0.15) is 5.10 Å². The molecule has 0 aliphatic carbocycles. The van der Waals surface area contributed by atoms with E-state index < -0.39 is 0 Å². The van der Waals surface area contributed by atoms with Crippen LogP contribution in [0, 0.1) is 27.2 Å². The van der Waals surface area contributed by atoms with Gasteiger partial charge in [-0.25, -0.2) is 0 Å². The van der Waals surface area contributed by atoms with Gasteiger partial charge < -0.3 is 36.0 Å². The third-order valence-corrected chi connectivity index (χ3v) is 6.42. The summed E-state index contributed by atoms with van der Waals surface area (Å²) in [6.07, 6.45) is 1.67. The minimum Gasteiger partial charge on any atom is -0.507 e. The number of anilines is 1. The van der Waals surface area contributed by atoms with Crippen molar-refractivity contribution >= 4 is 16.6 Å². The number of aromatic nitrogens is 2. The number of methoxy groups -OCH3 is 1. The molecular formula is C27H37LiN4O2-2. The fraction of sp³-hybridized carbons (Fsp3) is 0.407. The van der Waals surface area contributed by atoms with Crippen molar-refractivity contribution in [2.75, 3.05) is 25.1 Å². The van der Waals surface area contributed by atoms with Crippen LogP contribution in [0.25, 0.3) is 10.9 Å². The van der Waals surface area contributed by atoms with E-state index in [4.69, 9.17) is 4.74 Å². The maximum atomic E-state index is 10.8. The molecule has 2 aromatic carbocycles. The average Bonchev–Trinajstić information content (AvgIpc) is 3.37. The predicted octanol–water partition coefficient (Wildman–Crippen LogP) is 2.45. The molecule has 34 heavy (non-hydrogen) atoms. The second-order valence-corrected chi connectivity index (χ2v) is 9.00. The van der Waals surface area contributed by atoms with Crippen molar-refractivity contribution in [3.63, 3.8) is 0 Å². The number of benzene rings is 2. The molecular weight excluding hydrogens is 419 g/mol. The van der Waals surface area contributed by atoms with Crippen LogP contribution in [-0.2, 0) is 24.2 Å². The van der Waals surface area contributed by atoms with Crippen molar-refractivity contribution in [1.29, 1.82) is 0 Å². The van der Waals surface area contributed by atoms with Crippen LogP contribution in [0.5, 0.6) is 5.75 Å². The number of nitrogens with one attached hydrogen (secondary N) is 1. The number of aromatic hydroxyl groups is 1. The van der Waals surface area contributed by atoms with Gasteiger partial charge in [0.15, 0.2) is 0 Å². The van der Waals surface area contributed by atoms with Gasteiger partial charge in [-0.15, -0.1) is 13.1 Å². The van der Waals surface area contributed by atoms with Crippen LogP contribution in [-0.4, -0.2) is 40.4 Å². The van der Waals surface area contributed by atoms with Gasteiger partial charge in [0, 0.05) is 48.6 Å². The molecule has 1 aliphatic heterocycles. The van der Waals surface area contributed by atoms with E-state index in [1.807, 2.05) is 6.07 Å². The van der Waals surface area contributed by atoms with Crippen molar-refractivity contribution in [2.24, 2.45) is 5.92 Å². The molecule has 0 spiro atoms. The van der Waals surface area contributed by atoms with E-state index in [1.165, 1.54) is 11.1 Å². The van der Waals surface area contributed by atoms with Gasteiger partial charge in [-0.05, 0) is 48.1 Å². The van der Waals surface area contributed by atoms with Crippen molar-refractivity contribution in [3.8, 4) is 5.75 Å². The predicted molar refractivity (Wildman–Crippen MR) is 136 cm³/mol. The maximum Gasteiger partial charge on any atom is 1.00 e. The first-order chi connectivity index (χ1) is 15.4. The Labute approximate surface area is 216 Å². The van der Waals surface area contributed by atoms with Gasteiger partial charge in [0.1, 0.15) is 12.0 Å². The Balaban J connectivity index is 0.00000204. The fourth-order valence-corrected chi connectivity index (χ4v) is 4.55. The van der Waals surface area contributed by atoms with Gasteiger partial charge in [-0.1, -0.05) is 19.9 Å². The van der Waals surface area contributed by atoms with Crippen molar-refractivity contribution in [3.05, 3.63) is 74.0 Å². The van der Waals surface area contributed by atoms with Crippen LogP contribution >= 0.6 is 0 Å². The van der Waals surface area contributed by atoms with E-state index in [2.05, 4.69) is 65.9 Å². The summed E-state index contributed by atoms with van der Waals surface area (Å²) < 4.78 is 5.92. The van der Waals surface area contributed by atoms with Crippen LogP contribution in [0.4, 0.5) is 5.69 Å². The second kappa shape index (κ2) is 12.1. The number of rotatable bonds is 9. The largest absolute Gasteiger partial charge is 1.00 e. The molecule has 0 saturated heterocycles. The molecule has 0 radical (unpaired) electrons. The number of phenols is 1. The Morgan fingerprint density at radius 2 is 1.85 bits per heavy atom. The molecule has 2 N–H and O–H groups in total. The van der Waals surface area contributed by atoms with Crippen molar-refractivity contribution in [1.82, 2.24) is 15.1 Å². The molecule has 3 aromatic rings. The van der Waals surface area contributed by atoms with E-state index in [0.29, 0.717) is 19.0 Å². The van der Waals surface area contributed by atoms with Crippen LogP contribution in [0.2, 0.25) is 0 Å². The number of hydrogen-bond acceptors (Lipinski definition) is 5. The minimum absolute atomic E-state index is 0. The van der Waals surface area contributed by atoms with Crippen molar-refractivity contribution in [2.45, 2.75) is 46.0 Å². The Morgan fingerprint density at radius 3 is 2.50 bits per heavy atom. The molecule has 1 aromatic heterocycles. The molecule has 4 rings (SSSR count). The number of hydrogen-bond donors (Lipinski definition) is 2. The molecule has 0 fully saturated rings. The Morgan fingerprint density at radius 1 is 1.15 bits per heavy atom. The Kier molecular flexibility index (Phi) is 10.1. The first-order valence-corrected chi connectivity index (χ1v) is 11.4. The summed E-state index contributed by atoms with van der Waals surface area (Å²) in [6.45, 7) is 15.3. The summed E-state index contributed by atoms with van der Waals surface area (Å²) >= 11 is 0. The van der Waals surface area contributed by atoms with Crippen molar-refractivity contribution < 1.29 is 28.7 Å². The van der Waals surface area contributed by atoms with E-state index >= 15 is 0 Å². The monoisotopic (exact) mass is 456 g/mol. The molecule has 0 saturated carbocycles. The molecule has 0 amide bonds. The van der Waals surface area contributed by atoms with Gasteiger partial charge in [0.25, 0.3) is 0 Å². The SMILES string of the molecule is [CH2-]CN(C[CH2-])c1ccc2c(c1)CN(C(OC)c1cc3c(CCC(C)C)[nH]nc3cc1O)C2.[CH3-].[Li+]. The average molecular weight is 457 g/mol. The zero-order valence-corrected chi connectivity index (χ0v) is 21.4. The normalized spacial score (nSPS) is 14.1. The fourth-order valence-electron chi connectivity index (χ4n) is 4.55. The number of aryl methyl sites for hydroxylation is 1. The number of H-pyrrole nitrogens is 1. The van der Waals surface area contributed by atoms with E-state index in [9.17, 15) is 5.11 Å². The third-order valence-electron chi connectivity index (χ3n) is 6.42. The van der Waals surface area contributed by atoms with Crippen LogP contribution in [0.15, 0.2) is 30.3 Å². The van der Waals surface area contributed by atoms with Gasteiger partial charge in [-0.3, -0.25) is 10.00 Å². The van der Waals surface area contributed by atoms with E-state index in [0.717, 1.165) is 53.8 Å². The summed E-state index contributed by atoms with van der Waals surface area (Å²) in [4.78, 5) is 4.40. The smallest absolute Gasteiger partial charge is 0.507 e. The van der Waals surface area contributed by atoms with Crippen LogP contribution in [0.3, 0.4) is 0 Å². The van der Waals surface area contributed by atoms with Crippen LogP contribution in [0.1, 0.15) is 48.9 Å². The number of nitrogens with zero attached hydrogens (tertiary/aromatic N) is 3. The Hall–Kier alpha value is -1.97. The standard InChI is InChI=1S/C26H34N4O2.CH3.Li/c1-6-29(7-2)20-10-9-18-15-30(16-19(18)12-20)26(32-5)22-13-21-23(11-8-17(3)4)27-28-24(21)14-25(22)31;;/h9-10,12-14,17,26,31H,1-2,6-8,11,15-16H2,3-5H3,(H,27,28);1H3;/q-2;-1;+1. The molecule has 2 heterocycles. The summed E-state index contributed by atoms with van der Waals surface area (Å²) in [5, 5.41) is 19.4. The number of fused-ring (bicyclic) bond motifs is 2. The first kappa shape index (κ1) is 28.3. The van der Waals surface area contributed by atoms with Gasteiger partial charge in [0.2, 0.25) is 0 Å². The molecule has 0 bridgehead atoms. The number of ether oxygens (including phenoxy) is 1. The van der Waals surface area contributed by atoms with Gasteiger partial charge >= 0.3 is 18.9 Å². The second-order valence-electron chi connectivity index (χ2n) is 9.00. The first-order valence-electron chi connectivity index (χ1n) is 11.4. The number of aromatic amines is 1. The summed E-state index contributed by atoms with van der Waals surface area (Å²) in [5.41, 5.74) is 6.37. The molecule has 1 atom stereocenters. The summed E-state index contributed by atoms with van der Waals surface area (Å²) in [6, 6.07) is 10.3. The molecule has 1 unspecified atom stereocenters. The Bertz CT molecular complexity index is 1080. The van der Waals surface area contributed by atoms with E-state index in [1.54, 1.807) is 13.2 Å². The topological polar surface area (TPSA) is 64.6 Å². The molecule has 1 aliphatic rings. The minimum atomic E-state index is -0.347.